The van der Waals surface area contributed by atoms with Crippen molar-refractivity contribution in [2.45, 2.75) is 25.9 Å². The zero-order valence-electron chi connectivity index (χ0n) is 9.87. The summed E-state index contributed by atoms with van der Waals surface area (Å²) in [5.41, 5.74) is 1.17. The second-order valence-electron chi connectivity index (χ2n) is 4.55. The number of ether oxygens (including phenoxy) is 1. The molecule has 1 fully saturated rings. The van der Waals surface area contributed by atoms with Crippen molar-refractivity contribution < 1.29 is 4.74 Å². The second-order valence-corrected chi connectivity index (χ2v) is 4.96. The van der Waals surface area contributed by atoms with Crippen molar-refractivity contribution in [2.24, 2.45) is 0 Å². The van der Waals surface area contributed by atoms with Crippen LogP contribution in [0, 0.1) is 6.92 Å². The molecule has 1 saturated heterocycles. The second kappa shape index (κ2) is 5.07. The van der Waals surface area contributed by atoms with Crippen LogP contribution in [0.5, 0.6) is 5.75 Å². The quantitative estimate of drug-likeness (QED) is 0.786. The molecule has 0 spiro atoms. The predicted molar refractivity (Wildman–Crippen MR) is 67.3 cm³/mol. The van der Waals surface area contributed by atoms with Crippen molar-refractivity contribution in [1.82, 2.24) is 4.90 Å². The number of piperidine rings is 1. The molecule has 0 bridgehead atoms. The Labute approximate surface area is 102 Å². The van der Waals surface area contributed by atoms with Gasteiger partial charge in [0.05, 0.1) is 5.02 Å². The maximum atomic E-state index is 6.14. The molecule has 16 heavy (non-hydrogen) atoms. The molecule has 0 unspecified atom stereocenters. The van der Waals surface area contributed by atoms with Crippen LogP contribution in [0.3, 0.4) is 0 Å². The first-order chi connectivity index (χ1) is 7.65. The minimum absolute atomic E-state index is 0.316. The minimum Gasteiger partial charge on any atom is -0.489 e. The van der Waals surface area contributed by atoms with E-state index in [0.717, 1.165) is 36.7 Å². The van der Waals surface area contributed by atoms with E-state index >= 15 is 0 Å². The van der Waals surface area contributed by atoms with E-state index in [1.807, 2.05) is 25.1 Å². The van der Waals surface area contributed by atoms with Gasteiger partial charge in [-0.05, 0) is 44.5 Å². The first-order valence-corrected chi connectivity index (χ1v) is 6.14. The largest absolute Gasteiger partial charge is 0.489 e. The molecule has 0 aliphatic carbocycles. The van der Waals surface area contributed by atoms with Crippen LogP contribution < -0.4 is 4.74 Å². The van der Waals surface area contributed by atoms with E-state index in [2.05, 4.69) is 11.9 Å². The van der Waals surface area contributed by atoms with Crippen molar-refractivity contribution in [3.05, 3.63) is 28.8 Å². The molecule has 88 valence electrons. The molecule has 0 aromatic heterocycles. The van der Waals surface area contributed by atoms with E-state index in [0.29, 0.717) is 6.10 Å². The lowest BCUT2D eigenvalue weighted by molar-refractivity contribution is 0.114. The van der Waals surface area contributed by atoms with Gasteiger partial charge in [-0.1, -0.05) is 17.7 Å². The SMILES string of the molecule is Cc1ccc(OC2CCN(C)CC2)c(Cl)c1. The Kier molecular flexibility index (Phi) is 3.72. The third-order valence-corrected chi connectivity index (χ3v) is 3.34. The number of nitrogens with zero attached hydrogens (tertiary/aromatic N) is 1. The topological polar surface area (TPSA) is 12.5 Å². The van der Waals surface area contributed by atoms with Gasteiger partial charge in [0, 0.05) is 13.1 Å². The van der Waals surface area contributed by atoms with Gasteiger partial charge in [0.15, 0.2) is 0 Å². The number of halogens is 1. The highest BCUT2D eigenvalue weighted by Gasteiger charge is 2.18. The van der Waals surface area contributed by atoms with Crippen molar-refractivity contribution in [3.8, 4) is 5.75 Å². The molecule has 1 aliphatic rings. The highest BCUT2D eigenvalue weighted by molar-refractivity contribution is 6.32. The Balaban J connectivity index is 1.98. The molecule has 0 atom stereocenters. The van der Waals surface area contributed by atoms with Crippen LogP contribution in [0.25, 0.3) is 0 Å². The van der Waals surface area contributed by atoms with Crippen LogP contribution in [0.2, 0.25) is 5.02 Å². The zero-order valence-corrected chi connectivity index (χ0v) is 10.6. The standard InChI is InChI=1S/C13H18ClNO/c1-10-3-4-13(12(14)9-10)16-11-5-7-15(2)8-6-11/h3-4,9,11H,5-8H2,1-2H3. The fraction of sp³-hybridized carbons (Fsp3) is 0.538. The van der Waals surface area contributed by atoms with Gasteiger partial charge in [0.1, 0.15) is 11.9 Å². The van der Waals surface area contributed by atoms with Gasteiger partial charge < -0.3 is 9.64 Å². The van der Waals surface area contributed by atoms with Gasteiger partial charge in [0.25, 0.3) is 0 Å². The van der Waals surface area contributed by atoms with E-state index in [9.17, 15) is 0 Å². The Morgan fingerprint density at radius 1 is 1.31 bits per heavy atom. The number of aryl methyl sites for hydroxylation is 1. The van der Waals surface area contributed by atoms with Crippen LogP contribution >= 0.6 is 11.6 Å². The predicted octanol–water partition coefficient (Wildman–Crippen LogP) is 3.12. The summed E-state index contributed by atoms with van der Waals surface area (Å²) in [4.78, 5) is 2.33. The van der Waals surface area contributed by atoms with E-state index in [4.69, 9.17) is 16.3 Å². The van der Waals surface area contributed by atoms with Crippen LogP contribution in [-0.2, 0) is 0 Å². The summed E-state index contributed by atoms with van der Waals surface area (Å²) in [6.45, 7) is 4.24. The summed E-state index contributed by atoms with van der Waals surface area (Å²) < 4.78 is 5.93. The molecule has 0 radical (unpaired) electrons. The summed E-state index contributed by atoms with van der Waals surface area (Å²) in [6.07, 6.45) is 2.48. The molecule has 2 nitrogen and oxygen atoms in total. The summed E-state index contributed by atoms with van der Waals surface area (Å²) >= 11 is 6.14. The van der Waals surface area contributed by atoms with Gasteiger partial charge in [0.2, 0.25) is 0 Å². The zero-order chi connectivity index (χ0) is 11.5. The van der Waals surface area contributed by atoms with E-state index in [-0.39, 0.29) is 0 Å². The number of hydrogen-bond acceptors (Lipinski definition) is 2. The van der Waals surface area contributed by atoms with E-state index in [1.165, 1.54) is 5.56 Å². The first kappa shape index (κ1) is 11.7. The van der Waals surface area contributed by atoms with Crippen molar-refractivity contribution in [1.29, 1.82) is 0 Å². The Bertz CT molecular complexity index is 359. The maximum absolute atomic E-state index is 6.14. The number of hydrogen-bond donors (Lipinski definition) is 0. The summed E-state index contributed by atoms with van der Waals surface area (Å²) in [6, 6.07) is 5.96. The van der Waals surface area contributed by atoms with Crippen molar-refractivity contribution >= 4 is 11.6 Å². The Morgan fingerprint density at radius 2 is 2.00 bits per heavy atom. The van der Waals surface area contributed by atoms with Gasteiger partial charge in [-0.25, -0.2) is 0 Å². The van der Waals surface area contributed by atoms with Crippen LogP contribution in [0.4, 0.5) is 0 Å². The average Bonchev–Trinajstić information content (AvgIpc) is 2.25. The van der Waals surface area contributed by atoms with Gasteiger partial charge in [-0.2, -0.15) is 0 Å². The van der Waals surface area contributed by atoms with Crippen LogP contribution in [0.15, 0.2) is 18.2 Å². The first-order valence-electron chi connectivity index (χ1n) is 5.76. The Morgan fingerprint density at radius 3 is 2.62 bits per heavy atom. The third kappa shape index (κ3) is 2.89. The highest BCUT2D eigenvalue weighted by Crippen LogP contribution is 2.27. The smallest absolute Gasteiger partial charge is 0.138 e. The molecule has 2 rings (SSSR count). The average molecular weight is 240 g/mol. The molecule has 0 amide bonds. The van der Waals surface area contributed by atoms with E-state index in [1.54, 1.807) is 0 Å². The van der Waals surface area contributed by atoms with Crippen LogP contribution in [0.1, 0.15) is 18.4 Å². The monoisotopic (exact) mass is 239 g/mol. The molecule has 1 aromatic carbocycles. The molecule has 1 aliphatic heterocycles. The fourth-order valence-electron chi connectivity index (χ4n) is 1.98. The van der Waals surface area contributed by atoms with Gasteiger partial charge in [-0.15, -0.1) is 0 Å². The highest BCUT2D eigenvalue weighted by atomic mass is 35.5. The molecular formula is C13H18ClNO. The number of rotatable bonds is 2. The summed E-state index contributed by atoms with van der Waals surface area (Å²) in [5, 5.41) is 0.721. The van der Waals surface area contributed by atoms with Gasteiger partial charge in [-0.3, -0.25) is 0 Å². The van der Waals surface area contributed by atoms with Crippen molar-refractivity contribution in [2.75, 3.05) is 20.1 Å². The Hall–Kier alpha value is -0.730. The summed E-state index contributed by atoms with van der Waals surface area (Å²) in [5.74, 6) is 0.821. The molecule has 1 heterocycles. The molecule has 1 aromatic rings. The lowest BCUT2D eigenvalue weighted by Gasteiger charge is -2.29. The fourth-order valence-corrected chi connectivity index (χ4v) is 2.26. The molecular weight excluding hydrogens is 222 g/mol. The van der Waals surface area contributed by atoms with Crippen LogP contribution in [-0.4, -0.2) is 31.1 Å². The molecule has 3 heteroatoms. The summed E-state index contributed by atoms with van der Waals surface area (Å²) in [7, 11) is 2.15. The maximum Gasteiger partial charge on any atom is 0.138 e. The normalized spacial score (nSPS) is 18.7. The number of benzene rings is 1. The third-order valence-electron chi connectivity index (χ3n) is 3.05. The lowest BCUT2D eigenvalue weighted by atomic mass is 10.1. The molecule has 0 saturated carbocycles. The lowest BCUT2D eigenvalue weighted by Crippen LogP contribution is -2.35. The number of likely N-dealkylation sites (tertiary alicyclic amines) is 1. The van der Waals surface area contributed by atoms with Gasteiger partial charge >= 0.3 is 0 Å². The molecule has 0 N–H and O–H groups in total. The van der Waals surface area contributed by atoms with Crippen molar-refractivity contribution in [3.63, 3.8) is 0 Å². The van der Waals surface area contributed by atoms with E-state index < -0.39 is 0 Å². The minimum atomic E-state index is 0.316.